The van der Waals surface area contributed by atoms with E-state index in [0.717, 1.165) is 30.6 Å². The number of rotatable bonds is 2. The maximum atomic E-state index is 5.91. The fraction of sp³-hybridized carbons (Fsp3) is 0.455. The first-order valence-corrected chi connectivity index (χ1v) is 6.18. The molecule has 0 spiro atoms. The van der Waals surface area contributed by atoms with E-state index in [-0.39, 0.29) is 0 Å². The molecule has 0 bridgehead atoms. The largest absolute Gasteiger partial charge is 0.349 e. The van der Waals surface area contributed by atoms with Crippen LogP contribution in [0.15, 0.2) is 18.3 Å². The Bertz CT molecular complexity index is 570. The summed E-state index contributed by atoms with van der Waals surface area (Å²) in [5.41, 5.74) is 0.820. The molecule has 0 amide bonds. The van der Waals surface area contributed by atoms with Crippen molar-refractivity contribution >= 4 is 23.2 Å². The number of fused-ring (bicyclic) bond motifs is 2. The first-order valence-electron chi connectivity index (χ1n) is 5.80. The van der Waals surface area contributed by atoms with Gasteiger partial charge in [-0.05, 0) is 24.0 Å². The SMILES string of the molecule is Clc1ccc2nc(NC3C4CNCC43)nn2c1. The van der Waals surface area contributed by atoms with Gasteiger partial charge in [0, 0.05) is 25.3 Å². The molecule has 5 nitrogen and oxygen atoms in total. The number of aromatic nitrogens is 3. The second-order valence-corrected chi connectivity index (χ2v) is 5.18. The Kier molecular flexibility index (Phi) is 1.90. The summed E-state index contributed by atoms with van der Waals surface area (Å²) in [5, 5.41) is 11.8. The third-order valence-corrected chi connectivity index (χ3v) is 3.91. The number of nitrogens with zero attached hydrogens (tertiary/aromatic N) is 3. The molecule has 2 N–H and O–H groups in total. The Morgan fingerprint density at radius 1 is 1.35 bits per heavy atom. The van der Waals surface area contributed by atoms with Crippen molar-refractivity contribution in [2.75, 3.05) is 18.4 Å². The van der Waals surface area contributed by atoms with E-state index in [2.05, 4.69) is 20.7 Å². The molecular formula is C11H12ClN5. The van der Waals surface area contributed by atoms with Gasteiger partial charge in [-0.2, -0.15) is 4.98 Å². The van der Waals surface area contributed by atoms with Gasteiger partial charge >= 0.3 is 0 Å². The van der Waals surface area contributed by atoms with Gasteiger partial charge < -0.3 is 10.6 Å². The fourth-order valence-corrected chi connectivity index (χ4v) is 2.86. The van der Waals surface area contributed by atoms with Gasteiger partial charge in [-0.1, -0.05) is 11.6 Å². The summed E-state index contributed by atoms with van der Waals surface area (Å²) in [4.78, 5) is 4.42. The number of anilines is 1. The highest BCUT2D eigenvalue weighted by Crippen LogP contribution is 2.43. The molecule has 3 heterocycles. The molecule has 1 saturated carbocycles. The molecule has 17 heavy (non-hydrogen) atoms. The van der Waals surface area contributed by atoms with Gasteiger partial charge in [0.15, 0.2) is 5.65 Å². The molecule has 2 atom stereocenters. The molecule has 2 aliphatic rings. The van der Waals surface area contributed by atoms with E-state index < -0.39 is 0 Å². The van der Waals surface area contributed by atoms with Crippen LogP contribution >= 0.6 is 11.6 Å². The van der Waals surface area contributed by atoms with Crippen molar-refractivity contribution in [3.05, 3.63) is 23.4 Å². The second-order valence-electron chi connectivity index (χ2n) is 4.74. The lowest BCUT2D eigenvalue weighted by Crippen LogP contribution is -2.21. The Hall–Kier alpha value is -1.33. The summed E-state index contributed by atoms with van der Waals surface area (Å²) in [6, 6.07) is 4.24. The van der Waals surface area contributed by atoms with Crippen LogP contribution in [0.4, 0.5) is 5.95 Å². The van der Waals surface area contributed by atoms with E-state index in [0.29, 0.717) is 17.0 Å². The van der Waals surface area contributed by atoms with Crippen LogP contribution in [-0.4, -0.2) is 33.7 Å². The topological polar surface area (TPSA) is 54.2 Å². The molecule has 0 aromatic carbocycles. The first kappa shape index (κ1) is 9.67. The van der Waals surface area contributed by atoms with Crippen LogP contribution in [-0.2, 0) is 0 Å². The molecular weight excluding hydrogens is 238 g/mol. The zero-order valence-electron chi connectivity index (χ0n) is 9.10. The van der Waals surface area contributed by atoms with E-state index in [1.807, 2.05) is 12.1 Å². The Balaban J connectivity index is 1.59. The molecule has 1 aliphatic carbocycles. The summed E-state index contributed by atoms with van der Waals surface area (Å²) < 4.78 is 1.71. The molecule has 6 heteroatoms. The lowest BCUT2D eigenvalue weighted by Gasteiger charge is -2.03. The number of pyridine rings is 1. The number of hydrogen-bond donors (Lipinski definition) is 2. The number of hydrogen-bond acceptors (Lipinski definition) is 4. The average molecular weight is 250 g/mol. The molecule has 2 aromatic rings. The molecule has 88 valence electrons. The third-order valence-electron chi connectivity index (χ3n) is 3.68. The first-order chi connectivity index (χ1) is 8.31. The highest BCUT2D eigenvalue weighted by molar-refractivity contribution is 6.30. The van der Waals surface area contributed by atoms with Crippen LogP contribution in [0.1, 0.15) is 0 Å². The number of piperidine rings is 1. The van der Waals surface area contributed by atoms with Crippen molar-refractivity contribution in [2.24, 2.45) is 11.8 Å². The summed E-state index contributed by atoms with van der Waals surface area (Å²) in [6.07, 6.45) is 1.77. The molecule has 2 unspecified atom stereocenters. The van der Waals surface area contributed by atoms with Gasteiger partial charge in [-0.25, -0.2) is 4.52 Å². The Morgan fingerprint density at radius 3 is 3.00 bits per heavy atom. The van der Waals surface area contributed by atoms with Crippen LogP contribution in [0.3, 0.4) is 0 Å². The van der Waals surface area contributed by atoms with Gasteiger partial charge in [0.1, 0.15) is 0 Å². The zero-order valence-corrected chi connectivity index (χ0v) is 9.85. The maximum absolute atomic E-state index is 5.91. The quantitative estimate of drug-likeness (QED) is 0.834. The minimum atomic E-state index is 0.545. The maximum Gasteiger partial charge on any atom is 0.243 e. The summed E-state index contributed by atoms with van der Waals surface area (Å²) in [5.74, 6) is 2.21. The molecule has 1 saturated heterocycles. The zero-order chi connectivity index (χ0) is 11.4. The van der Waals surface area contributed by atoms with E-state index in [4.69, 9.17) is 11.6 Å². The van der Waals surface area contributed by atoms with E-state index in [9.17, 15) is 0 Å². The minimum Gasteiger partial charge on any atom is -0.349 e. The average Bonchev–Trinajstić information content (AvgIpc) is 2.71. The van der Waals surface area contributed by atoms with Gasteiger partial charge in [-0.3, -0.25) is 0 Å². The predicted molar refractivity (Wildman–Crippen MR) is 65.3 cm³/mol. The lowest BCUT2D eigenvalue weighted by molar-refractivity contribution is 0.693. The Morgan fingerprint density at radius 2 is 2.18 bits per heavy atom. The molecule has 2 aromatic heterocycles. The highest BCUT2D eigenvalue weighted by atomic mass is 35.5. The van der Waals surface area contributed by atoms with Gasteiger partial charge in [-0.15, -0.1) is 5.10 Å². The predicted octanol–water partition coefficient (Wildman–Crippen LogP) is 1.01. The van der Waals surface area contributed by atoms with Crippen molar-refractivity contribution in [3.63, 3.8) is 0 Å². The van der Waals surface area contributed by atoms with Crippen molar-refractivity contribution < 1.29 is 0 Å². The van der Waals surface area contributed by atoms with Crippen LogP contribution in [0.2, 0.25) is 5.02 Å². The van der Waals surface area contributed by atoms with Crippen LogP contribution < -0.4 is 10.6 Å². The molecule has 4 rings (SSSR count). The standard InChI is InChI=1S/C11H12ClN5/c12-6-1-2-9-14-11(16-17(9)5-6)15-10-7-3-13-4-8(7)10/h1-2,5,7-8,10,13H,3-4H2,(H,15,16). The van der Waals surface area contributed by atoms with E-state index in [1.165, 1.54) is 0 Å². The van der Waals surface area contributed by atoms with Crippen molar-refractivity contribution in [1.82, 2.24) is 19.9 Å². The Labute approximate surface area is 103 Å². The van der Waals surface area contributed by atoms with Crippen molar-refractivity contribution in [3.8, 4) is 0 Å². The molecule has 2 fully saturated rings. The lowest BCUT2D eigenvalue weighted by atomic mass is 10.4. The number of halogens is 1. The smallest absolute Gasteiger partial charge is 0.243 e. The molecule has 0 radical (unpaired) electrons. The molecule has 1 aliphatic heterocycles. The minimum absolute atomic E-state index is 0.545. The normalized spacial score (nSPS) is 30.5. The number of nitrogens with one attached hydrogen (secondary N) is 2. The van der Waals surface area contributed by atoms with Gasteiger partial charge in [0.05, 0.1) is 5.02 Å². The summed E-state index contributed by atoms with van der Waals surface area (Å²) >= 11 is 5.91. The van der Waals surface area contributed by atoms with Crippen molar-refractivity contribution in [1.29, 1.82) is 0 Å². The summed E-state index contributed by atoms with van der Waals surface area (Å²) in [6.45, 7) is 2.23. The third kappa shape index (κ3) is 1.50. The van der Waals surface area contributed by atoms with E-state index in [1.54, 1.807) is 10.7 Å². The second kappa shape index (κ2) is 3.34. The fourth-order valence-electron chi connectivity index (χ4n) is 2.70. The van der Waals surface area contributed by atoms with Crippen molar-refractivity contribution in [2.45, 2.75) is 6.04 Å². The van der Waals surface area contributed by atoms with Crippen LogP contribution in [0.25, 0.3) is 5.65 Å². The van der Waals surface area contributed by atoms with E-state index >= 15 is 0 Å². The summed E-state index contributed by atoms with van der Waals surface area (Å²) in [7, 11) is 0. The monoisotopic (exact) mass is 249 g/mol. The highest BCUT2D eigenvalue weighted by Gasteiger charge is 2.53. The van der Waals surface area contributed by atoms with Crippen LogP contribution in [0, 0.1) is 11.8 Å². The van der Waals surface area contributed by atoms with Gasteiger partial charge in [0.25, 0.3) is 0 Å². The van der Waals surface area contributed by atoms with Crippen LogP contribution in [0.5, 0.6) is 0 Å². The van der Waals surface area contributed by atoms with Gasteiger partial charge in [0.2, 0.25) is 5.95 Å².